The van der Waals surface area contributed by atoms with Gasteiger partial charge in [0.25, 0.3) is 0 Å². The van der Waals surface area contributed by atoms with Gasteiger partial charge in [0, 0.05) is 35.3 Å². The normalized spacial score (nSPS) is 10.7. The molecule has 0 atom stereocenters. The molecule has 0 saturated carbocycles. The van der Waals surface area contributed by atoms with Gasteiger partial charge in [0.15, 0.2) is 0 Å². The minimum atomic E-state index is 0.661. The zero-order chi connectivity index (χ0) is 17.8. The number of hydrogen-bond acceptors (Lipinski definition) is 4. The van der Waals surface area contributed by atoms with E-state index in [0.29, 0.717) is 6.54 Å². The van der Waals surface area contributed by atoms with E-state index in [2.05, 4.69) is 28.2 Å². The average molecular weight is 342 g/mol. The van der Waals surface area contributed by atoms with Crippen LogP contribution in [-0.4, -0.2) is 26.9 Å². The number of ether oxygens (including phenoxy) is 1. The molecule has 0 unspecified atom stereocenters. The van der Waals surface area contributed by atoms with Gasteiger partial charge in [-0.1, -0.05) is 36.4 Å². The maximum atomic E-state index is 5.42. The van der Waals surface area contributed by atoms with Crippen molar-refractivity contribution in [2.24, 2.45) is 0 Å². The number of rotatable bonds is 5. The second-order valence-corrected chi connectivity index (χ2v) is 5.88. The van der Waals surface area contributed by atoms with Crippen molar-refractivity contribution >= 4 is 0 Å². The second kappa shape index (κ2) is 7.19. The van der Waals surface area contributed by atoms with Crippen LogP contribution in [0.4, 0.5) is 0 Å². The summed E-state index contributed by atoms with van der Waals surface area (Å²) in [5.74, 6) is 0.870. The second-order valence-electron chi connectivity index (χ2n) is 5.88. The summed E-state index contributed by atoms with van der Waals surface area (Å²) >= 11 is 0. The van der Waals surface area contributed by atoms with Crippen LogP contribution in [0.3, 0.4) is 0 Å². The molecule has 26 heavy (non-hydrogen) atoms. The monoisotopic (exact) mass is 342 g/mol. The minimum Gasteiger partial charge on any atom is -0.496 e. The Bertz CT molecular complexity index is 1010. The van der Waals surface area contributed by atoms with Crippen molar-refractivity contribution in [3.05, 3.63) is 84.9 Å². The van der Waals surface area contributed by atoms with Gasteiger partial charge >= 0.3 is 0 Å². The lowest BCUT2D eigenvalue weighted by Gasteiger charge is -2.08. The summed E-state index contributed by atoms with van der Waals surface area (Å²) in [6, 6.07) is 18.2. The predicted molar refractivity (Wildman–Crippen MR) is 101 cm³/mol. The fourth-order valence-electron chi connectivity index (χ4n) is 2.90. The van der Waals surface area contributed by atoms with Crippen LogP contribution in [-0.2, 0) is 6.54 Å². The molecule has 0 saturated heterocycles. The quantitative estimate of drug-likeness (QED) is 0.549. The molecule has 4 aromatic rings. The van der Waals surface area contributed by atoms with E-state index in [-0.39, 0.29) is 0 Å². The largest absolute Gasteiger partial charge is 0.496 e. The fourth-order valence-corrected chi connectivity index (χ4v) is 2.90. The highest BCUT2D eigenvalue weighted by Crippen LogP contribution is 2.24. The van der Waals surface area contributed by atoms with Gasteiger partial charge in [0.1, 0.15) is 5.75 Å². The van der Waals surface area contributed by atoms with Gasteiger partial charge in [-0.25, -0.2) is 0 Å². The molecular weight excluding hydrogens is 324 g/mol. The van der Waals surface area contributed by atoms with Gasteiger partial charge in [-0.3, -0.25) is 14.6 Å². The molecule has 0 aliphatic heterocycles. The molecule has 0 radical (unpaired) electrons. The highest BCUT2D eigenvalue weighted by atomic mass is 16.5. The Kier molecular flexibility index (Phi) is 4.43. The molecule has 0 aliphatic carbocycles. The van der Waals surface area contributed by atoms with Crippen LogP contribution < -0.4 is 4.74 Å². The van der Waals surface area contributed by atoms with E-state index in [9.17, 15) is 0 Å². The molecule has 4 rings (SSSR count). The number of methoxy groups -OCH3 is 1. The third-order valence-corrected chi connectivity index (χ3v) is 4.18. The van der Waals surface area contributed by atoms with Gasteiger partial charge in [0.2, 0.25) is 0 Å². The van der Waals surface area contributed by atoms with Crippen molar-refractivity contribution in [3.63, 3.8) is 0 Å². The molecule has 0 N–H and O–H groups in total. The Balaban J connectivity index is 1.60. The van der Waals surface area contributed by atoms with Crippen molar-refractivity contribution in [2.75, 3.05) is 7.11 Å². The smallest absolute Gasteiger partial charge is 0.123 e. The van der Waals surface area contributed by atoms with Gasteiger partial charge in [0.05, 0.1) is 31.2 Å². The van der Waals surface area contributed by atoms with Crippen LogP contribution >= 0.6 is 0 Å². The molecule has 0 bridgehead atoms. The van der Waals surface area contributed by atoms with Crippen molar-refractivity contribution in [3.8, 4) is 28.3 Å². The number of aromatic nitrogens is 4. The van der Waals surface area contributed by atoms with Crippen molar-refractivity contribution in [2.45, 2.75) is 6.54 Å². The zero-order valence-electron chi connectivity index (χ0n) is 14.4. The summed E-state index contributed by atoms with van der Waals surface area (Å²) in [5.41, 5.74) is 4.94. The fraction of sp³-hybridized carbons (Fsp3) is 0.0952. The Morgan fingerprint density at radius 2 is 1.77 bits per heavy atom. The molecule has 0 aliphatic rings. The number of nitrogens with zero attached hydrogens (tertiary/aromatic N) is 4. The van der Waals surface area contributed by atoms with Crippen LogP contribution in [0.25, 0.3) is 22.5 Å². The maximum absolute atomic E-state index is 5.42. The van der Waals surface area contributed by atoms with Crippen molar-refractivity contribution < 1.29 is 4.74 Å². The van der Waals surface area contributed by atoms with Crippen LogP contribution in [0.1, 0.15) is 5.56 Å². The van der Waals surface area contributed by atoms with E-state index in [1.807, 2.05) is 47.3 Å². The third-order valence-electron chi connectivity index (χ3n) is 4.18. The molecule has 0 spiro atoms. The zero-order valence-corrected chi connectivity index (χ0v) is 14.4. The van der Waals surface area contributed by atoms with Crippen LogP contribution in [0.15, 0.2) is 79.4 Å². The highest BCUT2D eigenvalue weighted by Gasteiger charge is 2.07. The highest BCUT2D eigenvalue weighted by molar-refractivity contribution is 5.68. The van der Waals surface area contributed by atoms with Gasteiger partial charge in [-0.05, 0) is 18.2 Å². The summed E-state index contributed by atoms with van der Waals surface area (Å²) in [4.78, 5) is 8.50. The summed E-state index contributed by atoms with van der Waals surface area (Å²) < 4.78 is 7.34. The summed E-state index contributed by atoms with van der Waals surface area (Å²) in [6.45, 7) is 0.661. The van der Waals surface area contributed by atoms with Crippen molar-refractivity contribution in [1.29, 1.82) is 0 Å². The first-order valence-electron chi connectivity index (χ1n) is 8.35. The molecule has 5 nitrogen and oxygen atoms in total. The van der Waals surface area contributed by atoms with Crippen LogP contribution in [0.5, 0.6) is 5.75 Å². The first-order chi connectivity index (χ1) is 12.8. The van der Waals surface area contributed by atoms with Gasteiger partial charge < -0.3 is 4.74 Å². The lowest BCUT2D eigenvalue weighted by atomic mass is 10.1. The first kappa shape index (κ1) is 16.0. The SMILES string of the molecule is COc1ccccc1Cn1ccc(-c2cccc(-c3cnccn3)c2)n1. The lowest BCUT2D eigenvalue weighted by Crippen LogP contribution is -2.02. The topological polar surface area (TPSA) is 52.8 Å². The van der Waals surface area contributed by atoms with E-state index >= 15 is 0 Å². The molecule has 5 heteroatoms. The molecule has 0 fully saturated rings. The van der Waals surface area contributed by atoms with Crippen molar-refractivity contribution in [1.82, 2.24) is 19.7 Å². The van der Waals surface area contributed by atoms with E-state index in [1.165, 1.54) is 0 Å². The van der Waals surface area contributed by atoms with Crippen LogP contribution in [0, 0.1) is 0 Å². The average Bonchev–Trinajstić information content (AvgIpc) is 3.18. The standard InChI is InChI=1S/C21H18N4O/c1-26-21-8-3-2-5-18(21)15-25-12-9-19(24-25)16-6-4-7-17(13-16)20-14-22-10-11-23-20/h2-14H,15H2,1H3. The van der Waals surface area contributed by atoms with Gasteiger partial charge in [-0.15, -0.1) is 0 Å². The Hall–Kier alpha value is -3.47. The Morgan fingerprint density at radius 3 is 2.58 bits per heavy atom. The van der Waals surface area contributed by atoms with E-state index in [4.69, 9.17) is 9.84 Å². The lowest BCUT2D eigenvalue weighted by molar-refractivity contribution is 0.407. The Morgan fingerprint density at radius 1 is 0.923 bits per heavy atom. The predicted octanol–water partition coefficient (Wildman–Crippen LogP) is 4.06. The van der Waals surface area contributed by atoms with E-state index in [1.54, 1.807) is 25.7 Å². The molecule has 2 heterocycles. The molecule has 2 aromatic heterocycles. The molecule has 2 aromatic carbocycles. The minimum absolute atomic E-state index is 0.661. The van der Waals surface area contributed by atoms with Gasteiger partial charge in [-0.2, -0.15) is 5.10 Å². The summed E-state index contributed by atoms with van der Waals surface area (Å²) in [7, 11) is 1.69. The first-order valence-corrected chi connectivity index (χ1v) is 8.35. The summed E-state index contributed by atoms with van der Waals surface area (Å²) in [5, 5.41) is 4.71. The summed E-state index contributed by atoms with van der Waals surface area (Å²) in [6.07, 6.45) is 7.12. The van der Waals surface area contributed by atoms with E-state index in [0.717, 1.165) is 33.8 Å². The third kappa shape index (κ3) is 3.32. The Labute approximate surface area is 151 Å². The molecular formula is C21H18N4O. The van der Waals surface area contributed by atoms with Crippen LogP contribution in [0.2, 0.25) is 0 Å². The number of para-hydroxylation sites is 1. The number of hydrogen-bond donors (Lipinski definition) is 0. The molecule has 128 valence electrons. The maximum Gasteiger partial charge on any atom is 0.123 e. The van der Waals surface area contributed by atoms with E-state index < -0.39 is 0 Å². The number of benzene rings is 2. The molecule has 0 amide bonds.